The van der Waals surface area contributed by atoms with Crippen molar-refractivity contribution in [3.63, 3.8) is 0 Å². The number of aryl methyl sites for hydroxylation is 1. The van der Waals surface area contributed by atoms with E-state index in [9.17, 15) is 26.3 Å². The maximum atomic E-state index is 13.0. The van der Waals surface area contributed by atoms with Crippen LogP contribution in [-0.4, -0.2) is 44.4 Å². The van der Waals surface area contributed by atoms with Crippen LogP contribution >= 0.6 is 12.6 Å². The van der Waals surface area contributed by atoms with Crippen molar-refractivity contribution in [3.05, 3.63) is 77.0 Å². The van der Waals surface area contributed by atoms with Gasteiger partial charge in [0.15, 0.2) is 5.82 Å². The van der Waals surface area contributed by atoms with Gasteiger partial charge in [0.1, 0.15) is 5.82 Å². The van der Waals surface area contributed by atoms with Crippen molar-refractivity contribution in [1.82, 2.24) is 25.0 Å². The van der Waals surface area contributed by atoms with Crippen LogP contribution in [-0.2, 0) is 25.3 Å². The fourth-order valence-corrected chi connectivity index (χ4v) is 4.94. The second-order valence-electron chi connectivity index (χ2n) is 9.92. The number of aromatic amines is 1. The highest BCUT2D eigenvalue weighted by Crippen LogP contribution is 2.35. The Bertz CT molecular complexity index is 1440. The van der Waals surface area contributed by atoms with Crippen molar-refractivity contribution < 1.29 is 30.9 Å². The molecule has 4 aromatic rings. The van der Waals surface area contributed by atoms with Crippen LogP contribution in [0.15, 0.2) is 53.1 Å². The highest BCUT2D eigenvalue weighted by molar-refractivity contribution is 7.79. The molecule has 3 heterocycles. The average molecular weight is 642 g/mol. The summed E-state index contributed by atoms with van der Waals surface area (Å²) in [6.45, 7) is 7.87. The molecular formula is C31H37F6N5OS. The van der Waals surface area contributed by atoms with Gasteiger partial charge in [-0.25, -0.2) is 4.98 Å². The molecule has 240 valence electrons. The lowest BCUT2D eigenvalue weighted by Crippen LogP contribution is -2.33. The van der Waals surface area contributed by atoms with Crippen LogP contribution in [0.1, 0.15) is 74.4 Å². The minimum atomic E-state index is -4.47. The van der Waals surface area contributed by atoms with E-state index in [2.05, 4.69) is 32.7 Å². The number of nitrogens with zero attached hydrogens (tertiary/aromatic N) is 4. The lowest BCUT2D eigenvalue weighted by molar-refractivity contribution is -0.138. The number of hydrogen-bond donors (Lipinski definition) is 2. The Morgan fingerprint density at radius 2 is 1.52 bits per heavy atom. The summed E-state index contributed by atoms with van der Waals surface area (Å²) in [6, 6.07) is 9.84. The van der Waals surface area contributed by atoms with Gasteiger partial charge in [-0.05, 0) is 68.9 Å². The maximum Gasteiger partial charge on any atom is 0.416 e. The molecule has 0 atom stereocenters. The van der Waals surface area contributed by atoms with E-state index in [4.69, 9.17) is 9.51 Å². The van der Waals surface area contributed by atoms with Crippen LogP contribution in [0.5, 0.6) is 0 Å². The molecule has 0 radical (unpaired) electrons. The SMILES string of the molecule is CC.CCCc1[nH]c(C2CCN(Cc3noc(-c4cccc(C(F)(F)F)c4)n3)CC2)nc1-c1ccc(C(F)(F)F)cc1.CS. The molecule has 1 aliphatic rings. The molecule has 44 heavy (non-hydrogen) atoms. The molecule has 0 saturated carbocycles. The molecule has 5 rings (SSSR count). The van der Waals surface area contributed by atoms with Gasteiger partial charge in [0, 0.05) is 22.7 Å². The molecule has 1 aliphatic heterocycles. The van der Waals surface area contributed by atoms with Crippen molar-refractivity contribution >= 4 is 12.6 Å². The molecule has 1 N–H and O–H groups in total. The lowest BCUT2D eigenvalue weighted by Gasteiger charge is -2.30. The predicted octanol–water partition coefficient (Wildman–Crippen LogP) is 9.07. The summed E-state index contributed by atoms with van der Waals surface area (Å²) in [7, 11) is 0. The summed E-state index contributed by atoms with van der Waals surface area (Å²) in [6.07, 6.45) is -3.98. The first-order chi connectivity index (χ1) is 21.0. The normalized spacial score (nSPS) is 14.4. The van der Waals surface area contributed by atoms with E-state index in [0.717, 1.165) is 74.6 Å². The molecular weight excluding hydrogens is 604 g/mol. The Kier molecular flexibility index (Phi) is 12.5. The predicted molar refractivity (Wildman–Crippen MR) is 161 cm³/mol. The molecule has 6 nitrogen and oxygen atoms in total. The zero-order valence-corrected chi connectivity index (χ0v) is 26.0. The van der Waals surface area contributed by atoms with Crippen molar-refractivity contribution in [3.8, 4) is 22.7 Å². The highest BCUT2D eigenvalue weighted by atomic mass is 32.1. The van der Waals surface area contributed by atoms with Crippen LogP contribution in [0, 0.1) is 0 Å². The number of thiol groups is 1. The number of piperidine rings is 1. The number of H-pyrrole nitrogens is 1. The Labute approximate surface area is 258 Å². The number of hydrogen-bond acceptors (Lipinski definition) is 6. The number of benzene rings is 2. The number of aromatic nitrogens is 4. The molecule has 0 aliphatic carbocycles. The lowest BCUT2D eigenvalue weighted by atomic mass is 9.96. The molecule has 2 aromatic heterocycles. The Balaban J connectivity index is 0.00000127. The smallest absolute Gasteiger partial charge is 0.345 e. The summed E-state index contributed by atoms with van der Waals surface area (Å²) in [4.78, 5) is 14.7. The number of rotatable bonds is 7. The first-order valence-corrected chi connectivity index (χ1v) is 15.3. The Hall–Kier alpha value is -3.32. The third-order valence-electron chi connectivity index (χ3n) is 7.03. The molecule has 1 saturated heterocycles. The topological polar surface area (TPSA) is 70.8 Å². The summed E-state index contributed by atoms with van der Waals surface area (Å²) < 4.78 is 83.3. The van der Waals surface area contributed by atoms with Crippen molar-refractivity contribution in [2.45, 2.75) is 71.3 Å². The maximum absolute atomic E-state index is 13.0. The van der Waals surface area contributed by atoms with E-state index < -0.39 is 23.5 Å². The minimum absolute atomic E-state index is 0.0332. The first kappa shape index (κ1) is 35.2. The van der Waals surface area contributed by atoms with Crippen molar-refractivity contribution in [2.75, 3.05) is 19.3 Å². The van der Waals surface area contributed by atoms with Gasteiger partial charge < -0.3 is 9.51 Å². The van der Waals surface area contributed by atoms with Gasteiger partial charge in [0.2, 0.25) is 0 Å². The van der Waals surface area contributed by atoms with E-state index in [1.54, 1.807) is 6.26 Å². The fraction of sp³-hybridized carbons (Fsp3) is 0.452. The Morgan fingerprint density at radius 1 is 0.886 bits per heavy atom. The summed E-state index contributed by atoms with van der Waals surface area (Å²) in [5, 5.41) is 3.95. The van der Waals surface area contributed by atoms with E-state index in [1.165, 1.54) is 24.3 Å². The number of nitrogens with one attached hydrogen (secondary N) is 1. The Morgan fingerprint density at radius 3 is 2.11 bits per heavy atom. The monoisotopic (exact) mass is 641 g/mol. The van der Waals surface area contributed by atoms with Crippen LogP contribution in [0.4, 0.5) is 26.3 Å². The van der Waals surface area contributed by atoms with E-state index >= 15 is 0 Å². The molecule has 0 amide bonds. The van der Waals surface area contributed by atoms with E-state index in [-0.39, 0.29) is 17.4 Å². The summed E-state index contributed by atoms with van der Waals surface area (Å²) in [5.74, 6) is 1.40. The van der Waals surface area contributed by atoms with Crippen LogP contribution < -0.4 is 0 Å². The number of imidazole rings is 1. The van der Waals surface area contributed by atoms with Gasteiger partial charge in [-0.15, -0.1) is 0 Å². The molecule has 2 aromatic carbocycles. The van der Waals surface area contributed by atoms with E-state index in [1.807, 2.05) is 20.8 Å². The van der Waals surface area contributed by atoms with Gasteiger partial charge in [-0.3, -0.25) is 4.90 Å². The van der Waals surface area contributed by atoms with Gasteiger partial charge in [0.25, 0.3) is 5.89 Å². The quantitative estimate of drug-likeness (QED) is 0.156. The summed E-state index contributed by atoms with van der Waals surface area (Å²) >= 11 is 3.53. The van der Waals surface area contributed by atoms with Crippen LogP contribution in [0.25, 0.3) is 22.7 Å². The standard InChI is InChI=1S/C28H27F6N5O.C2H6.CH4S/c1-2-4-22-24(17-7-9-20(10-8-17)27(29,30)31)37-25(35-22)18-11-13-39(14-12-18)16-23-36-26(40-38-23)19-5-3-6-21(15-19)28(32,33)34;2*1-2/h3,5-10,15,18H,2,4,11-14,16H2,1H3,(H,35,37);1-2H3;2H,1H3. The largest absolute Gasteiger partial charge is 0.416 e. The van der Waals surface area contributed by atoms with Gasteiger partial charge in [-0.2, -0.15) is 44.0 Å². The average Bonchev–Trinajstić information content (AvgIpc) is 3.67. The highest BCUT2D eigenvalue weighted by Gasteiger charge is 2.32. The fourth-order valence-electron chi connectivity index (χ4n) is 4.94. The van der Waals surface area contributed by atoms with Gasteiger partial charge >= 0.3 is 12.4 Å². The minimum Gasteiger partial charge on any atom is -0.345 e. The third-order valence-corrected chi connectivity index (χ3v) is 7.03. The zero-order valence-electron chi connectivity index (χ0n) is 25.1. The van der Waals surface area contributed by atoms with Gasteiger partial charge in [-0.1, -0.05) is 50.5 Å². The van der Waals surface area contributed by atoms with E-state index in [0.29, 0.717) is 23.6 Å². The first-order valence-electron chi connectivity index (χ1n) is 14.4. The number of likely N-dealkylation sites (tertiary alicyclic amines) is 1. The number of alkyl halides is 6. The number of halogens is 6. The van der Waals surface area contributed by atoms with Crippen LogP contribution in [0.3, 0.4) is 0 Å². The second-order valence-corrected chi connectivity index (χ2v) is 9.92. The molecule has 13 heteroatoms. The van der Waals surface area contributed by atoms with Crippen molar-refractivity contribution in [1.29, 1.82) is 0 Å². The van der Waals surface area contributed by atoms with Crippen LogP contribution in [0.2, 0.25) is 0 Å². The molecule has 0 spiro atoms. The molecule has 0 bridgehead atoms. The third kappa shape index (κ3) is 8.87. The zero-order chi connectivity index (χ0) is 32.5. The molecule has 0 unspecified atom stereocenters. The summed E-state index contributed by atoms with van der Waals surface area (Å²) in [5.41, 5.74) is 0.964. The molecule has 1 fully saturated rings. The van der Waals surface area contributed by atoms with Crippen molar-refractivity contribution in [2.24, 2.45) is 0 Å². The van der Waals surface area contributed by atoms with Gasteiger partial charge in [0.05, 0.1) is 23.4 Å². The second kappa shape index (κ2) is 15.6.